The second-order valence-corrected chi connectivity index (χ2v) is 6.29. The molecule has 0 bridgehead atoms. The molecule has 4 nitrogen and oxygen atoms in total. The van der Waals surface area contributed by atoms with Gasteiger partial charge in [0.25, 0.3) is 0 Å². The van der Waals surface area contributed by atoms with Gasteiger partial charge in [-0.05, 0) is 36.1 Å². The number of carboxylic acids is 1. The Labute approximate surface area is 115 Å². The van der Waals surface area contributed by atoms with E-state index in [0.717, 1.165) is 17.7 Å². The minimum atomic E-state index is -0.996. The Kier molecular flexibility index (Phi) is 3.01. The Morgan fingerprint density at radius 2 is 2.05 bits per heavy atom. The minimum Gasteiger partial charge on any atom is -0.480 e. The van der Waals surface area contributed by atoms with Gasteiger partial charge in [0.1, 0.15) is 10.8 Å². The average molecular weight is 277 g/mol. The van der Waals surface area contributed by atoms with Crippen LogP contribution in [0.2, 0.25) is 0 Å². The zero-order valence-corrected chi connectivity index (χ0v) is 11.2. The molecule has 1 heterocycles. The van der Waals surface area contributed by atoms with E-state index in [9.17, 15) is 9.59 Å². The Morgan fingerprint density at radius 3 is 2.74 bits per heavy atom. The van der Waals surface area contributed by atoms with Gasteiger partial charge in [-0.3, -0.25) is 4.79 Å². The summed E-state index contributed by atoms with van der Waals surface area (Å²) in [5.41, 5.74) is 1.23. The van der Waals surface area contributed by atoms with Crippen LogP contribution in [0.5, 0.6) is 0 Å². The Hall–Kier alpha value is -1.49. The molecule has 0 spiro atoms. The van der Waals surface area contributed by atoms with E-state index in [4.69, 9.17) is 5.11 Å². The molecule has 0 aromatic heterocycles. The van der Waals surface area contributed by atoms with Crippen LogP contribution in [0.15, 0.2) is 24.3 Å². The molecule has 1 aliphatic heterocycles. The zero-order valence-electron chi connectivity index (χ0n) is 10.4. The number of aliphatic carboxylic acids is 1. The summed E-state index contributed by atoms with van der Waals surface area (Å²) in [5, 5.41) is 11.6. The summed E-state index contributed by atoms with van der Waals surface area (Å²) in [4.78, 5) is 23.5. The molecule has 1 atom stereocenters. The third-order valence-electron chi connectivity index (χ3n) is 3.75. The molecule has 1 aliphatic carbocycles. The lowest BCUT2D eigenvalue weighted by Crippen LogP contribution is -2.45. The first kappa shape index (κ1) is 12.5. The minimum absolute atomic E-state index is 0.169. The van der Waals surface area contributed by atoms with Crippen LogP contribution in [0, 0.1) is 0 Å². The van der Waals surface area contributed by atoms with Crippen LogP contribution in [0.1, 0.15) is 29.2 Å². The predicted molar refractivity (Wildman–Crippen MR) is 73.1 cm³/mol. The highest BCUT2D eigenvalue weighted by atomic mass is 32.2. The smallest absolute Gasteiger partial charge is 0.329 e. The van der Waals surface area contributed by atoms with Crippen molar-refractivity contribution in [1.29, 1.82) is 0 Å². The number of aryl methyl sites for hydroxylation is 1. The Bertz CT molecular complexity index is 539. The van der Waals surface area contributed by atoms with E-state index in [1.165, 1.54) is 5.56 Å². The highest BCUT2D eigenvalue weighted by Gasteiger charge is 2.52. The van der Waals surface area contributed by atoms with E-state index in [1.54, 1.807) is 11.8 Å². The standard InChI is InChI=1S/C14H15NO3S/c16-12(15-14(6-7-14)13(17)18)11-10-4-2-1-3-9(10)5-8-19-11/h1-4,11H,5-8H2,(H,15,16)(H,17,18)/t11-/m0/s1. The van der Waals surface area contributed by atoms with Crippen molar-refractivity contribution >= 4 is 23.6 Å². The summed E-state index contributed by atoms with van der Waals surface area (Å²) < 4.78 is 0. The van der Waals surface area contributed by atoms with Gasteiger partial charge >= 0.3 is 5.97 Å². The van der Waals surface area contributed by atoms with Gasteiger partial charge in [0.05, 0.1) is 0 Å². The monoisotopic (exact) mass is 277 g/mol. The molecule has 0 saturated heterocycles. The van der Waals surface area contributed by atoms with E-state index in [1.807, 2.05) is 24.3 Å². The van der Waals surface area contributed by atoms with Crippen molar-refractivity contribution in [2.45, 2.75) is 30.1 Å². The molecule has 19 heavy (non-hydrogen) atoms. The molecule has 1 aromatic carbocycles. The summed E-state index contributed by atoms with van der Waals surface area (Å²) >= 11 is 1.59. The van der Waals surface area contributed by atoms with Crippen molar-refractivity contribution in [3.05, 3.63) is 35.4 Å². The van der Waals surface area contributed by atoms with Gasteiger partial charge in [-0.25, -0.2) is 4.79 Å². The molecule has 1 fully saturated rings. The third-order valence-corrected chi connectivity index (χ3v) is 4.99. The number of benzene rings is 1. The molecular formula is C14H15NO3S. The lowest BCUT2D eigenvalue weighted by molar-refractivity contribution is -0.143. The molecule has 2 aliphatic rings. The van der Waals surface area contributed by atoms with E-state index in [-0.39, 0.29) is 11.2 Å². The van der Waals surface area contributed by atoms with Gasteiger partial charge in [0.15, 0.2) is 0 Å². The summed E-state index contributed by atoms with van der Waals surface area (Å²) in [7, 11) is 0. The number of carbonyl (C=O) groups is 2. The number of amides is 1. The highest BCUT2D eigenvalue weighted by molar-refractivity contribution is 8.00. The number of hydrogen-bond acceptors (Lipinski definition) is 3. The maximum absolute atomic E-state index is 12.3. The molecule has 1 amide bonds. The lowest BCUT2D eigenvalue weighted by Gasteiger charge is -2.25. The molecule has 100 valence electrons. The Morgan fingerprint density at radius 1 is 1.32 bits per heavy atom. The quantitative estimate of drug-likeness (QED) is 0.883. The van der Waals surface area contributed by atoms with Crippen molar-refractivity contribution in [3.8, 4) is 0 Å². The van der Waals surface area contributed by atoms with Gasteiger partial charge in [0.2, 0.25) is 5.91 Å². The number of hydrogen-bond donors (Lipinski definition) is 2. The van der Waals surface area contributed by atoms with Crippen LogP contribution in [0.4, 0.5) is 0 Å². The SMILES string of the molecule is O=C(NC1(C(=O)O)CC1)[C@H]1SCCc2ccccc21. The van der Waals surface area contributed by atoms with Gasteiger partial charge in [-0.15, -0.1) is 11.8 Å². The van der Waals surface area contributed by atoms with Gasteiger partial charge in [-0.2, -0.15) is 0 Å². The van der Waals surface area contributed by atoms with Crippen molar-refractivity contribution in [3.63, 3.8) is 0 Å². The molecule has 3 rings (SSSR count). The summed E-state index contributed by atoms with van der Waals surface area (Å²) in [6.07, 6.45) is 2.04. The molecule has 5 heteroatoms. The fraction of sp³-hybridized carbons (Fsp3) is 0.429. The lowest BCUT2D eigenvalue weighted by atomic mass is 10.0. The highest BCUT2D eigenvalue weighted by Crippen LogP contribution is 2.40. The third kappa shape index (κ3) is 2.23. The van der Waals surface area contributed by atoms with E-state index < -0.39 is 11.5 Å². The second kappa shape index (κ2) is 4.56. The number of rotatable bonds is 3. The van der Waals surface area contributed by atoms with Crippen LogP contribution in [-0.4, -0.2) is 28.3 Å². The van der Waals surface area contributed by atoms with Gasteiger partial charge in [-0.1, -0.05) is 24.3 Å². The number of thioether (sulfide) groups is 1. The predicted octanol–water partition coefficient (Wildman–Crippen LogP) is 1.75. The number of carbonyl (C=O) groups excluding carboxylic acids is 1. The van der Waals surface area contributed by atoms with Crippen molar-refractivity contribution < 1.29 is 14.7 Å². The molecular weight excluding hydrogens is 262 g/mol. The molecule has 1 saturated carbocycles. The van der Waals surface area contributed by atoms with E-state index >= 15 is 0 Å². The van der Waals surface area contributed by atoms with Crippen LogP contribution < -0.4 is 5.32 Å². The number of carboxylic acid groups (broad SMARTS) is 1. The Balaban J connectivity index is 1.80. The fourth-order valence-corrected chi connectivity index (χ4v) is 3.62. The summed E-state index contributed by atoms with van der Waals surface area (Å²) in [6, 6.07) is 7.91. The number of fused-ring (bicyclic) bond motifs is 1. The number of nitrogens with one attached hydrogen (secondary N) is 1. The topological polar surface area (TPSA) is 66.4 Å². The fourth-order valence-electron chi connectivity index (χ4n) is 2.43. The van der Waals surface area contributed by atoms with Crippen LogP contribution in [0.3, 0.4) is 0 Å². The van der Waals surface area contributed by atoms with Crippen molar-refractivity contribution in [2.75, 3.05) is 5.75 Å². The first-order valence-electron chi connectivity index (χ1n) is 6.37. The van der Waals surface area contributed by atoms with Crippen molar-refractivity contribution in [2.24, 2.45) is 0 Å². The van der Waals surface area contributed by atoms with Crippen LogP contribution in [-0.2, 0) is 16.0 Å². The second-order valence-electron chi connectivity index (χ2n) is 5.08. The van der Waals surface area contributed by atoms with Crippen LogP contribution >= 0.6 is 11.8 Å². The molecule has 1 aromatic rings. The van der Waals surface area contributed by atoms with Crippen molar-refractivity contribution in [1.82, 2.24) is 5.32 Å². The first-order chi connectivity index (χ1) is 9.12. The molecule has 2 N–H and O–H groups in total. The van der Waals surface area contributed by atoms with Gasteiger partial charge in [0, 0.05) is 0 Å². The van der Waals surface area contributed by atoms with E-state index in [0.29, 0.717) is 12.8 Å². The normalized spacial score (nSPS) is 23.3. The zero-order chi connectivity index (χ0) is 13.5. The van der Waals surface area contributed by atoms with Gasteiger partial charge < -0.3 is 10.4 Å². The van der Waals surface area contributed by atoms with Crippen LogP contribution in [0.25, 0.3) is 0 Å². The average Bonchev–Trinajstić information content (AvgIpc) is 3.19. The largest absolute Gasteiger partial charge is 0.480 e. The first-order valence-corrected chi connectivity index (χ1v) is 7.42. The van der Waals surface area contributed by atoms with E-state index in [2.05, 4.69) is 5.32 Å². The maximum Gasteiger partial charge on any atom is 0.329 e. The molecule has 0 unspecified atom stereocenters. The summed E-state index contributed by atoms with van der Waals surface area (Å²) in [6.45, 7) is 0. The molecule has 0 radical (unpaired) electrons. The maximum atomic E-state index is 12.3. The summed E-state index contributed by atoms with van der Waals surface area (Å²) in [5.74, 6) is -0.193.